The predicted molar refractivity (Wildman–Crippen MR) is 73.3 cm³/mol. The van der Waals surface area contributed by atoms with Gasteiger partial charge in [0.15, 0.2) is 5.76 Å². The van der Waals surface area contributed by atoms with E-state index in [9.17, 15) is 0 Å². The maximum Gasteiger partial charge on any atom is 0.162 e. The zero-order valence-electron chi connectivity index (χ0n) is 9.76. The standard InChI is InChI=1S/C16H11NO/c1-2-4-14-11(3-1)5-6-12-10-16-13(9-15(12)14)7-8-17-18-16/h1-8,10H,9H2. The minimum Gasteiger partial charge on any atom is -0.357 e. The molecule has 4 rings (SSSR count). The molecule has 0 bridgehead atoms. The highest BCUT2D eigenvalue weighted by Gasteiger charge is 2.19. The average molecular weight is 233 g/mol. The molecule has 0 spiro atoms. The Morgan fingerprint density at radius 3 is 3.00 bits per heavy atom. The van der Waals surface area contributed by atoms with Crippen molar-refractivity contribution >= 4 is 23.1 Å². The quantitative estimate of drug-likeness (QED) is 0.680. The Bertz CT molecular complexity index is 738. The molecule has 2 aromatic rings. The van der Waals surface area contributed by atoms with Crippen molar-refractivity contribution in [3.8, 4) is 0 Å². The lowest BCUT2D eigenvalue weighted by Gasteiger charge is -2.20. The van der Waals surface area contributed by atoms with Gasteiger partial charge in [0.1, 0.15) is 0 Å². The number of allylic oxidation sites excluding steroid dienone is 2. The first-order valence-electron chi connectivity index (χ1n) is 6.04. The van der Waals surface area contributed by atoms with Crippen LogP contribution in [0.2, 0.25) is 0 Å². The molecule has 1 aliphatic heterocycles. The van der Waals surface area contributed by atoms with Gasteiger partial charge in [-0.15, -0.1) is 0 Å². The lowest BCUT2D eigenvalue weighted by molar-refractivity contribution is 0.236. The van der Waals surface area contributed by atoms with E-state index in [2.05, 4.69) is 47.6 Å². The minimum atomic E-state index is 0.875. The lowest BCUT2D eigenvalue weighted by Crippen LogP contribution is -2.07. The summed E-state index contributed by atoms with van der Waals surface area (Å²) in [6, 6.07) is 12.8. The summed E-state index contributed by atoms with van der Waals surface area (Å²) in [5, 5.41) is 6.45. The Labute approximate surface area is 105 Å². The van der Waals surface area contributed by atoms with E-state index in [1.165, 1.54) is 27.5 Å². The first-order chi connectivity index (χ1) is 8.92. The van der Waals surface area contributed by atoms with Crippen molar-refractivity contribution in [2.75, 3.05) is 0 Å². The summed E-state index contributed by atoms with van der Waals surface area (Å²) < 4.78 is 0. The van der Waals surface area contributed by atoms with Crippen LogP contribution in [0.1, 0.15) is 11.1 Å². The van der Waals surface area contributed by atoms with E-state index in [0.717, 1.165) is 12.2 Å². The summed E-state index contributed by atoms with van der Waals surface area (Å²) in [5.41, 5.74) is 3.81. The summed E-state index contributed by atoms with van der Waals surface area (Å²) in [6.45, 7) is 0. The lowest BCUT2D eigenvalue weighted by atomic mass is 9.88. The molecule has 2 heteroatoms. The summed E-state index contributed by atoms with van der Waals surface area (Å²) in [6.07, 6.45) is 6.73. The molecule has 0 aromatic heterocycles. The first-order valence-corrected chi connectivity index (χ1v) is 6.04. The van der Waals surface area contributed by atoms with E-state index >= 15 is 0 Å². The zero-order valence-corrected chi connectivity index (χ0v) is 9.76. The topological polar surface area (TPSA) is 21.6 Å². The average Bonchev–Trinajstić information content (AvgIpc) is 2.45. The maximum absolute atomic E-state index is 5.31. The molecule has 0 amide bonds. The number of rotatable bonds is 0. The third-order valence-electron chi connectivity index (χ3n) is 3.53. The Hall–Kier alpha value is -2.35. The summed E-state index contributed by atoms with van der Waals surface area (Å²) in [4.78, 5) is 5.31. The Kier molecular flexibility index (Phi) is 1.92. The Balaban J connectivity index is 2.01. The largest absolute Gasteiger partial charge is 0.357 e. The van der Waals surface area contributed by atoms with Crippen LogP contribution >= 0.6 is 0 Å². The minimum absolute atomic E-state index is 0.875. The van der Waals surface area contributed by atoms with Crippen LogP contribution in [0.5, 0.6) is 0 Å². The molecular weight excluding hydrogens is 222 g/mol. The Morgan fingerprint density at radius 1 is 1.06 bits per heavy atom. The molecule has 0 unspecified atom stereocenters. The van der Waals surface area contributed by atoms with E-state index in [4.69, 9.17) is 4.84 Å². The van der Waals surface area contributed by atoms with E-state index < -0.39 is 0 Å². The van der Waals surface area contributed by atoms with Crippen molar-refractivity contribution in [3.63, 3.8) is 0 Å². The van der Waals surface area contributed by atoms with Gasteiger partial charge in [-0.3, -0.25) is 0 Å². The van der Waals surface area contributed by atoms with Crippen LogP contribution in [0, 0.1) is 0 Å². The van der Waals surface area contributed by atoms with E-state index in [1.807, 2.05) is 6.08 Å². The fourth-order valence-electron chi connectivity index (χ4n) is 2.63. The van der Waals surface area contributed by atoms with Crippen LogP contribution in [-0.4, -0.2) is 6.21 Å². The first kappa shape index (κ1) is 9.66. The van der Waals surface area contributed by atoms with Gasteiger partial charge < -0.3 is 4.84 Å². The molecule has 0 radical (unpaired) electrons. The van der Waals surface area contributed by atoms with Gasteiger partial charge in [-0.25, -0.2) is 0 Å². The third kappa shape index (κ3) is 1.32. The van der Waals surface area contributed by atoms with Gasteiger partial charge >= 0.3 is 0 Å². The van der Waals surface area contributed by atoms with Gasteiger partial charge in [0, 0.05) is 12.0 Å². The van der Waals surface area contributed by atoms with Crippen molar-refractivity contribution in [2.45, 2.75) is 6.42 Å². The van der Waals surface area contributed by atoms with Crippen LogP contribution in [0.15, 0.2) is 59.0 Å². The highest BCUT2D eigenvalue weighted by molar-refractivity contribution is 5.91. The molecule has 1 aliphatic carbocycles. The van der Waals surface area contributed by atoms with Crippen molar-refractivity contribution in [1.82, 2.24) is 0 Å². The molecule has 86 valence electrons. The number of hydrogen-bond donors (Lipinski definition) is 0. The normalized spacial score (nSPS) is 16.4. The van der Waals surface area contributed by atoms with E-state index in [1.54, 1.807) is 6.21 Å². The van der Waals surface area contributed by atoms with Gasteiger partial charge in [-0.1, -0.05) is 41.6 Å². The van der Waals surface area contributed by atoms with E-state index in [-0.39, 0.29) is 0 Å². The molecule has 1 heterocycles. The second kappa shape index (κ2) is 3.57. The van der Waals surface area contributed by atoms with Crippen molar-refractivity contribution in [1.29, 1.82) is 0 Å². The smallest absolute Gasteiger partial charge is 0.162 e. The van der Waals surface area contributed by atoms with Crippen LogP contribution in [0.3, 0.4) is 0 Å². The van der Waals surface area contributed by atoms with Gasteiger partial charge in [0.2, 0.25) is 0 Å². The number of benzene rings is 2. The van der Waals surface area contributed by atoms with Crippen molar-refractivity contribution < 1.29 is 4.84 Å². The van der Waals surface area contributed by atoms with Crippen LogP contribution in [0.25, 0.3) is 16.8 Å². The summed E-state index contributed by atoms with van der Waals surface area (Å²) >= 11 is 0. The fraction of sp³-hybridized carbons (Fsp3) is 0.0625. The zero-order chi connectivity index (χ0) is 11.9. The van der Waals surface area contributed by atoms with E-state index in [0.29, 0.717) is 0 Å². The van der Waals surface area contributed by atoms with Crippen LogP contribution in [0.4, 0.5) is 0 Å². The molecule has 0 fully saturated rings. The molecular formula is C16H11NO. The summed E-state index contributed by atoms with van der Waals surface area (Å²) in [5.74, 6) is 0.875. The van der Waals surface area contributed by atoms with Gasteiger partial charge in [0.25, 0.3) is 0 Å². The number of nitrogens with zero attached hydrogens (tertiary/aromatic N) is 1. The van der Waals surface area contributed by atoms with Gasteiger partial charge in [-0.2, -0.15) is 0 Å². The molecule has 0 N–H and O–H groups in total. The fourth-order valence-corrected chi connectivity index (χ4v) is 2.63. The van der Waals surface area contributed by atoms with Crippen LogP contribution < -0.4 is 0 Å². The van der Waals surface area contributed by atoms with Crippen molar-refractivity contribution in [3.05, 3.63) is 64.9 Å². The molecule has 0 saturated heterocycles. The Morgan fingerprint density at radius 2 is 2.00 bits per heavy atom. The highest BCUT2D eigenvalue weighted by Crippen LogP contribution is 2.34. The highest BCUT2D eigenvalue weighted by atomic mass is 16.6. The molecule has 2 aromatic carbocycles. The molecule has 2 nitrogen and oxygen atoms in total. The SMILES string of the molecule is C1=NOC2=Cc3ccc4ccccc4c3CC2=C1. The van der Waals surface area contributed by atoms with Crippen LogP contribution in [-0.2, 0) is 11.3 Å². The van der Waals surface area contributed by atoms with Gasteiger partial charge in [-0.05, 0) is 34.1 Å². The molecule has 0 saturated carbocycles. The number of fused-ring (bicyclic) bond motifs is 4. The molecule has 2 aliphatic rings. The number of hydrogen-bond acceptors (Lipinski definition) is 2. The maximum atomic E-state index is 5.31. The van der Waals surface area contributed by atoms with Crippen molar-refractivity contribution in [2.24, 2.45) is 5.16 Å². The molecule has 18 heavy (non-hydrogen) atoms. The van der Waals surface area contributed by atoms with Gasteiger partial charge in [0.05, 0.1) is 6.21 Å². The molecule has 0 atom stereocenters. The third-order valence-corrected chi connectivity index (χ3v) is 3.53. The monoisotopic (exact) mass is 233 g/mol. The predicted octanol–water partition coefficient (Wildman–Crippen LogP) is 3.68. The second-order valence-corrected chi connectivity index (χ2v) is 4.58. The second-order valence-electron chi connectivity index (χ2n) is 4.58. The number of oxime groups is 1. The summed E-state index contributed by atoms with van der Waals surface area (Å²) in [7, 11) is 0.